The van der Waals surface area contributed by atoms with Crippen LogP contribution in [0.15, 0.2) is 29.4 Å². The van der Waals surface area contributed by atoms with Gasteiger partial charge in [0.1, 0.15) is 0 Å². The molecule has 0 bridgehead atoms. The molecule has 0 spiro atoms. The first-order valence-electron chi connectivity index (χ1n) is 7.52. The molecule has 114 valence electrons. The Balaban J connectivity index is 1.78. The average molecular weight is 289 g/mol. The Labute approximate surface area is 125 Å². The standard InChI is InChI=1S/C16H23N3O2/c17-16(19-21)14-8-6-13(7-9-14)11-18-15(20)10-12-4-2-1-3-5-12/h6-9,12,21H,1-5,10-11H2,(H2,17,19)(H,18,20). The summed E-state index contributed by atoms with van der Waals surface area (Å²) in [7, 11) is 0. The lowest BCUT2D eigenvalue weighted by molar-refractivity contribution is -0.122. The van der Waals surface area contributed by atoms with Gasteiger partial charge in [-0.25, -0.2) is 0 Å². The molecule has 0 saturated heterocycles. The molecule has 0 aromatic heterocycles. The molecule has 0 atom stereocenters. The molecule has 1 aromatic carbocycles. The number of amides is 1. The van der Waals surface area contributed by atoms with Gasteiger partial charge in [0.25, 0.3) is 0 Å². The van der Waals surface area contributed by atoms with Gasteiger partial charge in [-0.2, -0.15) is 0 Å². The van der Waals surface area contributed by atoms with Gasteiger partial charge in [-0.1, -0.05) is 48.7 Å². The number of carbonyl (C=O) groups excluding carboxylic acids is 1. The van der Waals surface area contributed by atoms with Gasteiger partial charge >= 0.3 is 0 Å². The van der Waals surface area contributed by atoms with Gasteiger partial charge < -0.3 is 16.3 Å². The number of carbonyl (C=O) groups is 1. The molecule has 5 nitrogen and oxygen atoms in total. The van der Waals surface area contributed by atoms with Crippen molar-refractivity contribution in [3.63, 3.8) is 0 Å². The second kappa shape index (κ2) is 7.67. The topological polar surface area (TPSA) is 87.7 Å². The fraction of sp³-hybridized carbons (Fsp3) is 0.500. The molecular weight excluding hydrogens is 266 g/mol. The zero-order valence-corrected chi connectivity index (χ0v) is 12.2. The highest BCUT2D eigenvalue weighted by molar-refractivity contribution is 5.96. The van der Waals surface area contributed by atoms with Crippen LogP contribution in [0, 0.1) is 5.92 Å². The third kappa shape index (κ3) is 4.77. The van der Waals surface area contributed by atoms with E-state index in [1.54, 1.807) is 12.1 Å². The summed E-state index contributed by atoms with van der Waals surface area (Å²) in [6, 6.07) is 7.29. The molecule has 21 heavy (non-hydrogen) atoms. The first-order valence-corrected chi connectivity index (χ1v) is 7.52. The van der Waals surface area contributed by atoms with E-state index in [9.17, 15) is 4.79 Å². The highest BCUT2D eigenvalue weighted by Crippen LogP contribution is 2.26. The average Bonchev–Trinajstić information content (AvgIpc) is 2.53. The van der Waals surface area contributed by atoms with Crippen molar-refractivity contribution in [2.45, 2.75) is 45.1 Å². The zero-order chi connectivity index (χ0) is 15.1. The molecule has 0 heterocycles. The molecule has 1 aliphatic rings. The van der Waals surface area contributed by atoms with Gasteiger partial charge in [0.15, 0.2) is 5.84 Å². The van der Waals surface area contributed by atoms with Crippen LogP contribution in [0.4, 0.5) is 0 Å². The number of nitrogens with two attached hydrogens (primary N) is 1. The molecule has 5 heteroatoms. The summed E-state index contributed by atoms with van der Waals surface area (Å²) in [5, 5.41) is 14.5. The first kappa shape index (κ1) is 15.4. The second-order valence-corrected chi connectivity index (χ2v) is 5.67. The fourth-order valence-corrected chi connectivity index (χ4v) is 2.78. The van der Waals surface area contributed by atoms with E-state index in [0.29, 0.717) is 24.4 Å². The Morgan fingerprint density at radius 2 is 1.90 bits per heavy atom. The molecule has 0 aliphatic heterocycles. The Hall–Kier alpha value is -2.04. The summed E-state index contributed by atoms with van der Waals surface area (Å²) in [6.45, 7) is 0.516. The monoisotopic (exact) mass is 289 g/mol. The van der Waals surface area contributed by atoms with Crippen molar-refractivity contribution in [1.82, 2.24) is 5.32 Å². The molecule has 1 saturated carbocycles. The van der Waals surface area contributed by atoms with E-state index in [4.69, 9.17) is 10.9 Å². The van der Waals surface area contributed by atoms with Crippen LogP contribution in [0.3, 0.4) is 0 Å². The summed E-state index contributed by atoms with van der Waals surface area (Å²) in [4.78, 5) is 11.9. The van der Waals surface area contributed by atoms with E-state index < -0.39 is 0 Å². The van der Waals surface area contributed by atoms with E-state index in [-0.39, 0.29) is 11.7 Å². The lowest BCUT2D eigenvalue weighted by Gasteiger charge is -2.20. The van der Waals surface area contributed by atoms with E-state index in [0.717, 1.165) is 5.56 Å². The summed E-state index contributed by atoms with van der Waals surface area (Å²) < 4.78 is 0. The van der Waals surface area contributed by atoms with Crippen molar-refractivity contribution >= 4 is 11.7 Å². The third-order valence-electron chi connectivity index (χ3n) is 4.05. The van der Waals surface area contributed by atoms with E-state index in [1.807, 2.05) is 12.1 Å². The van der Waals surface area contributed by atoms with Gasteiger partial charge in [0.05, 0.1) is 0 Å². The van der Waals surface area contributed by atoms with Gasteiger partial charge in [-0.05, 0) is 24.3 Å². The molecule has 0 radical (unpaired) electrons. The van der Waals surface area contributed by atoms with Crippen molar-refractivity contribution in [1.29, 1.82) is 0 Å². The second-order valence-electron chi connectivity index (χ2n) is 5.67. The number of rotatable bonds is 5. The number of nitrogens with one attached hydrogen (secondary N) is 1. The van der Waals surface area contributed by atoms with Crippen LogP contribution in [0.25, 0.3) is 0 Å². The number of hydrogen-bond donors (Lipinski definition) is 3. The SMILES string of the molecule is NC(=NO)c1ccc(CNC(=O)CC2CCCCC2)cc1. The highest BCUT2D eigenvalue weighted by atomic mass is 16.4. The van der Waals surface area contributed by atoms with Crippen molar-refractivity contribution < 1.29 is 10.0 Å². The third-order valence-corrected chi connectivity index (χ3v) is 4.05. The van der Waals surface area contributed by atoms with Crippen LogP contribution in [-0.4, -0.2) is 17.0 Å². The fourth-order valence-electron chi connectivity index (χ4n) is 2.78. The molecule has 1 aliphatic carbocycles. The van der Waals surface area contributed by atoms with Crippen molar-refractivity contribution in [3.05, 3.63) is 35.4 Å². The van der Waals surface area contributed by atoms with Crippen LogP contribution in [0.1, 0.15) is 49.7 Å². The smallest absolute Gasteiger partial charge is 0.220 e. The maximum absolute atomic E-state index is 11.9. The van der Waals surface area contributed by atoms with E-state index >= 15 is 0 Å². The quantitative estimate of drug-likeness (QED) is 0.336. The number of amidine groups is 1. The predicted molar refractivity (Wildman–Crippen MR) is 82.0 cm³/mol. The number of nitrogens with zero attached hydrogens (tertiary/aromatic N) is 1. The molecular formula is C16H23N3O2. The number of hydrogen-bond acceptors (Lipinski definition) is 3. The molecule has 2 rings (SSSR count). The summed E-state index contributed by atoms with van der Waals surface area (Å²) in [5.74, 6) is 0.770. The Morgan fingerprint density at radius 1 is 1.24 bits per heavy atom. The maximum Gasteiger partial charge on any atom is 0.220 e. The Morgan fingerprint density at radius 3 is 2.52 bits per heavy atom. The molecule has 0 unspecified atom stereocenters. The lowest BCUT2D eigenvalue weighted by Crippen LogP contribution is -2.26. The van der Waals surface area contributed by atoms with Crippen LogP contribution in [-0.2, 0) is 11.3 Å². The molecule has 1 amide bonds. The summed E-state index contributed by atoms with van der Waals surface area (Å²) >= 11 is 0. The zero-order valence-electron chi connectivity index (χ0n) is 12.2. The summed E-state index contributed by atoms with van der Waals surface area (Å²) in [5.41, 5.74) is 7.16. The van der Waals surface area contributed by atoms with Crippen LogP contribution < -0.4 is 11.1 Å². The van der Waals surface area contributed by atoms with Gasteiger partial charge in [-0.15, -0.1) is 0 Å². The number of oxime groups is 1. The van der Waals surface area contributed by atoms with Crippen molar-refractivity contribution in [2.75, 3.05) is 0 Å². The minimum Gasteiger partial charge on any atom is -0.409 e. The van der Waals surface area contributed by atoms with Gasteiger partial charge in [-0.3, -0.25) is 4.79 Å². The van der Waals surface area contributed by atoms with Gasteiger partial charge in [0, 0.05) is 18.5 Å². The summed E-state index contributed by atoms with van der Waals surface area (Å²) in [6.07, 6.45) is 6.83. The molecule has 1 fully saturated rings. The first-order chi connectivity index (χ1) is 10.2. The Kier molecular flexibility index (Phi) is 5.60. The normalized spacial score (nSPS) is 16.7. The van der Waals surface area contributed by atoms with Crippen molar-refractivity contribution in [3.8, 4) is 0 Å². The number of benzene rings is 1. The van der Waals surface area contributed by atoms with E-state index in [1.165, 1.54) is 32.1 Å². The van der Waals surface area contributed by atoms with Crippen molar-refractivity contribution in [2.24, 2.45) is 16.8 Å². The minimum atomic E-state index is 0.0860. The highest BCUT2D eigenvalue weighted by Gasteiger charge is 2.16. The molecule has 4 N–H and O–H groups in total. The maximum atomic E-state index is 11.9. The Bertz CT molecular complexity index is 491. The lowest BCUT2D eigenvalue weighted by atomic mass is 9.87. The van der Waals surface area contributed by atoms with Crippen LogP contribution in [0.2, 0.25) is 0 Å². The predicted octanol–water partition coefficient (Wildman–Crippen LogP) is 2.37. The van der Waals surface area contributed by atoms with E-state index in [2.05, 4.69) is 10.5 Å². The van der Waals surface area contributed by atoms with Gasteiger partial charge in [0.2, 0.25) is 5.91 Å². The van der Waals surface area contributed by atoms with Crippen LogP contribution >= 0.6 is 0 Å². The van der Waals surface area contributed by atoms with Crippen LogP contribution in [0.5, 0.6) is 0 Å². The largest absolute Gasteiger partial charge is 0.409 e. The molecule has 1 aromatic rings. The minimum absolute atomic E-state index is 0.0860.